The molecule has 1 aromatic rings. The number of nitriles is 1. The average Bonchev–Trinajstić information content (AvgIpc) is 2.60. The van der Waals surface area contributed by atoms with E-state index in [9.17, 15) is 0 Å². The van der Waals surface area contributed by atoms with E-state index in [4.69, 9.17) is 14.7 Å². The Morgan fingerprint density at radius 3 is 2.88 bits per heavy atom. The molecule has 1 heterocycles. The van der Waals surface area contributed by atoms with E-state index in [1.54, 1.807) is 0 Å². The van der Waals surface area contributed by atoms with Gasteiger partial charge in [0.05, 0.1) is 31.0 Å². The zero-order valence-electron chi connectivity index (χ0n) is 14.5. The molecular weight excluding hydrogens is 302 g/mol. The average molecular weight is 329 g/mol. The molecule has 3 rings (SSSR count). The zero-order valence-corrected chi connectivity index (χ0v) is 14.5. The van der Waals surface area contributed by atoms with Crippen molar-refractivity contribution in [3.63, 3.8) is 0 Å². The molecule has 0 bridgehead atoms. The van der Waals surface area contributed by atoms with Crippen molar-refractivity contribution in [2.75, 3.05) is 39.5 Å². The molecule has 130 valence electrons. The molecule has 0 amide bonds. The molecule has 1 aliphatic carbocycles. The summed E-state index contributed by atoms with van der Waals surface area (Å²) in [5, 5.41) is 12.6. The minimum atomic E-state index is 0.191. The van der Waals surface area contributed by atoms with Crippen molar-refractivity contribution >= 4 is 0 Å². The van der Waals surface area contributed by atoms with E-state index in [-0.39, 0.29) is 5.54 Å². The summed E-state index contributed by atoms with van der Waals surface area (Å²) in [5.74, 6) is 0. The van der Waals surface area contributed by atoms with Gasteiger partial charge in [-0.2, -0.15) is 5.26 Å². The first kappa shape index (κ1) is 17.4. The maximum absolute atomic E-state index is 9.01. The molecule has 1 N–H and O–H groups in total. The van der Waals surface area contributed by atoms with Gasteiger partial charge in [0.1, 0.15) is 0 Å². The first-order chi connectivity index (χ1) is 11.8. The SMILES string of the molecule is CCOC1CC(CNCc2cccc(C#N)c2)(N2CCOCC2)C1. The Labute approximate surface area is 144 Å². The third kappa shape index (κ3) is 3.96. The second-order valence-electron chi connectivity index (χ2n) is 6.73. The van der Waals surface area contributed by atoms with Crippen molar-refractivity contribution in [3.8, 4) is 6.07 Å². The lowest BCUT2D eigenvalue weighted by atomic mass is 9.72. The third-order valence-corrected chi connectivity index (χ3v) is 5.14. The van der Waals surface area contributed by atoms with Gasteiger partial charge in [-0.1, -0.05) is 12.1 Å². The zero-order chi connectivity index (χ0) is 16.8. The molecule has 1 aromatic carbocycles. The van der Waals surface area contributed by atoms with Gasteiger partial charge in [-0.15, -0.1) is 0 Å². The van der Waals surface area contributed by atoms with Crippen molar-refractivity contribution in [2.45, 2.75) is 38.0 Å². The van der Waals surface area contributed by atoms with Crippen LogP contribution < -0.4 is 5.32 Å². The van der Waals surface area contributed by atoms with Crippen LogP contribution in [-0.4, -0.2) is 56.0 Å². The molecule has 0 atom stereocenters. The highest BCUT2D eigenvalue weighted by Crippen LogP contribution is 2.40. The number of hydrogen-bond acceptors (Lipinski definition) is 5. The van der Waals surface area contributed by atoms with E-state index < -0.39 is 0 Å². The molecule has 0 spiro atoms. The van der Waals surface area contributed by atoms with Crippen LogP contribution in [0, 0.1) is 11.3 Å². The number of rotatable bonds is 7. The van der Waals surface area contributed by atoms with Gasteiger partial charge in [0.15, 0.2) is 0 Å². The van der Waals surface area contributed by atoms with Crippen LogP contribution in [0.25, 0.3) is 0 Å². The lowest BCUT2D eigenvalue weighted by Crippen LogP contribution is -2.66. The third-order valence-electron chi connectivity index (χ3n) is 5.14. The fraction of sp³-hybridized carbons (Fsp3) is 0.632. The quantitative estimate of drug-likeness (QED) is 0.828. The van der Waals surface area contributed by atoms with Gasteiger partial charge in [0.2, 0.25) is 0 Å². The van der Waals surface area contributed by atoms with Crippen molar-refractivity contribution < 1.29 is 9.47 Å². The molecule has 2 fully saturated rings. The summed E-state index contributed by atoms with van der Waals surface area (Å²) in [4.78, 5) is 2.57. The van der Waals surface area contributed by atoms with Gasteiger partial charge < -0.3 is 14.8 Å². The summed E-state index contributed by atoms with van der Waals surface area (Å²) in [6.45, 7) is 8.26. The molecule has 1 aliphatic heterocycles. The number of benzene rings is 1. The number of nitrogens with one attached hydrogen (secondary N) is 1. The van der Waals surface area contributed by atoms with Crippen molar-refractivity contribution in [3.05, 3.63) is 35.4 Å². The molecular formula is C19H27N3O2. The minimum absolute atomic E-state index is 0.191. The van der Waals surface area contributed by atoms with Crippen molar-refractivity contribution in [1.82, 2.24) is 10.2 Å². The highest BCUT2D eigenvalue weighted by Gasteiger charge is 2.48. The van der Waals surface area contributed by atoms with E-state index in [1.165, 1.54) is 0 Å². The van der Waals surface area contributed by atoms with Gasteiger partial charge in [-0.05, 0) is 37.5 Å². The van der Waals surface area contributed by atoms with Crippen LogP contribution in [0.15, 0.2) is 24.3 Å². The van der Waals surface area contributed by atoms with Gasteiger partial charge in [-0.3, -0.25) is 4.90 Å². The second kappa shape index (κ2) is 8.09. The number of nitrogens with zero attached hydrogens (tertiary/aromatic N) is 2. The largest absolute Gasteiger partial charge is 0.379 e. The van der Waals surface area contributed by atoms with Gasteiger partial charge in [0, 0.05) is 38.3 Å². The molecule has 0 unspecified atom stereocenters. The first-order valence-electron chi connectivity index (χ1n) is 8.90. The Hall–Kier alpha value is -1.45. The summed E-state index contributed by atoms with van der Waals surface area (Å²) in [5.41, 5.74) is 2.07. The van der Waals surface area contributed by atoms with Crippen LogP contribution >= 0.6 is 0 Å². The lowest BCUT2D eigenvalue weighted by molar-refractivity contribution is -0.125. The Morgan fingerprint density at radius 1 is 1.38 bits per heavy atom. The van der Waals surface area contributed by atoms with Crippen LogP contribution in [0.2, 0.25) is 0 Å². The minimum Gasteiger partial charge on any atom is -0.379 e. The van der Waals surface area contributed by atoms with E-state index in [1.807, 2.05) is 18.2 Å². The van der Waals surface area contributed by atoms with Crippen molar-refractivity contribution in [2.24, 2.45) is 0 Å². The fourth-order valence-corrected chi connectivity index (χ4v) is 3.88. The summed E-state index contributed by atoms with van der Waals surface area (Å²) in [6.07, 6.45) is 2.57. The van der Waals surface area contributed by atoms with Crippen LogP contribution in [0.3, 0.4) is 0 Å². The van der Waals surface area contributed by atoms with Crippen molar-refractivity contribution in [1.29, 1.82) is 5.26 Å². The number of ether oxygens (including phenoxy) is 2. The van der Waals surface area contributed by atoms with E-state index >= 15 is 0 Å². The molecule has 5 heteroatoms. The van der Waals surface area contributed by atoms with E-state index in [0.717, 1.165) is 70.0 Å². The summed E-state index contributed by atoms with van der Waals surface area (Å²) in [7, 11) is 0. The maximum atomic E-state index is 9.01. The predicted octanol–water partition coefficient (Wildman–Crippen LogP) is 1.92. The molecule has 1 saturated heterocycles. The molecule has 5 nitrogen and oxygen atoms in total. The van der Waals surface area contributed by atoms with E-state index in [2.05, 4.69) is 29.3 Å². The highest BCUT2D eigenvalue weighted by atomic mass is 16.5. The smallest absolute Gasteiger partial charge is 0.0991 e. The van der Waals surface area contributed by atoms with Gasteiger partial charge in [-0.25, -0.2) is 0 Å². The number of hydrogen-bond donors (Lipinski definition) is 1. The first-order valence-corrected chi connectivity index (χ1v) is 8.90. The molecule has 24 heavy (non-hydrogen) atoms. The van der Waals surface area contributed by atoms with Crippen LogP contribution in [0.1, 0.15) is 30.9 Å². The van der Waals surface area contributed by atoms with Gasteiger partial charge in [0.25, 0.3) is 0 Å². The topological polar surface area (TPSA) is 57.5 Å². The Balaban J connectivity index is 1.57. The fourth-order valence-electron chi connectivity index (χ4n) is 3.88. The molecule has 0 radical (unpaired) electrons. The second-order valence-corrected chi connectivity index (χ2v) is 6.73. The summed E-state index contributed by atoms with van der Waals surface area (Å²) < 4.78 is 11.3. The Bertz CT molecular complexity index is 572. The Morgan fingerprint density at radius 2 is 2.17 bits per heavy atom. The Kier molecular flexibility index (Phi) is 5.85. The van der Waals surface area contributed by atoms with Crippen LogP contribution in [0.5, 0.6) is 0 Å². The van der Waals surface area contributed by atoms with E-state index in [0.29, 0.717) is 6.10 Å². The lowest BCUT2D eigenvalue weighted by Gasteiger charge is -2.55. The number of morpholine rings is 1. The highest BCUT2D eigenvalue weighted by molar-refractivity contribution is 5.32. The van der Waals surface area contributed by atoms with Crippen LogP contribution in [-0.2, 0) is 16.0 Å². The molecule has 0 aromatic heterocycles. The van der Waals surface area contributed by atoms with Gasteiger partial charge >= 0.3 is 0 Å². The monoisotopic (exact) mass is 329 g/mol. The summed E-state index contributed by atoms with van der Waals surface area (Å²) >= 11 is 0. The standard InChI is InChI=1S/C19H27N3O2/c1-2-24-18-11-19(12-18,22-6-8-23-9-7-22)15-21-14-17-5-3-4-16(10-17)13-20/h3-5,10,18,21H,2,6-9,11-12,14-15H2,1H3. The summed E-state index contributed by atoms with van der Waals surface area (Å²) in [6, 6.07) is 10.0. The normalized spacial score (nSPS) is 27.4. The van der Waals surface area contributed by atoms with Crippen LogP contribution in [0.4, 0.5) is 0 Å². The molecule has 1 saturated carbocycles. The maximum Gasteiger partial charge on any atom is 0.0991 e. The predicted molar refractivity (Wildman–Crippen MR) is 92.6 cm³/mol. The molecule has 2 aliphatic rings.